The monoisotopic (exact) mass is 270 g/mol. The summed E-state index contributed by atoms with van der Waals surface area (Å²) >= 11 is 0. The molecule has 2 aliphatic carbocycles. The average molecular weight is 271 g/mol. The highest BCUT2D eigenvalue weighted by molar-refractivity contribution is 5.00. The molecule has 4 atom stereocenters. The van der Waals surface area contributed by atoms with Crippen LogP contribution in [0, 0.1) is 11.8 Å². The van der Waals surface area contributed by atoms with E-state index in [1.807, 2.05) is 27.7 Å². The lowest BCUT2D eigenvalue weighted by molar-refractivity contribution is 0.231. The largest absolute Gasteiger partial charge is 0.333 e. The van der Waals surface area contributed by atoms with Crippen LogP contribution in [0.2, 0.25) is 0 Å². The SMILES string of the molecule is C1CCC2C(C1)NC1CCCCC12.CC.CC.CN. The lowest BCUT2D eigenvalue weighted by Crippen LogP contribution is -2.33. The fourth-order valence-electron chi connectivity index (χ4n) is 4.03. The maximum atomic E-state index is 4.50. The first kappa shape index (κ1) is 18.9. The molecule has 4 unspecified atom stereocenters. The Morgan fingerprint density at radius 1 is 0.632 bits per heavy atom. The van der Waals surface area contributed by atoms with Crippen molar-refractivity contribution in [1.29, 1.82) is 0 Å². The number of hydrogen-bond acceptors (Lipinski definition) is 2. The van der Waals surface area contributed by atoms with E-state index in [1.165, 1.54) is 58.4 Å². The minimum absolute atomic E-state index is 0.918. The third-order valence-electron chi connectivity index (χ3n) is 4.62. The normalized spacial score (nSPS) is 35.1. The molecular weight excluding hydrogens is 232 g/mol. The Kier molecular flexibility index (Phi) is 11.7. The molecule has 3 fully saturated rings. The Bertz CT molecular complexity index is 174. The van der Waals surface area contributed by atoms with Crippen molar-refractivity contribution in [2.75, 3.05) is 7.05 Å². The zero-order valence-corrected chi connectivity index (χ0v) is 14.0. The summed E-state index contributed by atoms with van der Waals surface area (Å²) in [5, 5.41) is 3.89. The van der Waals surface area contributed by atoms with Gasteiger partial charge < -0.3 is 11.1 Å². The fourth-order valence-corrected chi connectivity index (χ4v) is 4.03. The van der Waals surface area contributed by atoms with E-state index >= 15 is 0 Å². The molecule has 0 aromatic heterocycles. The molecule has 3 N–H and O–H groups in total. The molecule has 116 valence electrons. The van der Waals surface area contributed by atoms with Crippen molar-refractivity contribution in [3.05, 3.63) is 0 Å². The molecule has 0 aromatic rings. The number of hydrogen-bond donors (Lipinski definition) is 2. The van der Waals surface area contributed by atoms with Crippen LogP contribution in [-0.2, 0) is 0 Å². The Morgan fingerprint density at radius 2 is 0.947 bits per heavy atom. The number of nitrogens with one attached hydrogen (secondary N) is 1. The van der Waals surface area contributed by atoms with E-state index in [0.29, 0.717) is 0 Å². The smallest absolute Gasteiger partial charge is 0.0101 e. The van der Waals surface area contributed by atoms with Gasteiger partial charge in [-0.05, 0) is 44.6 Å². The summed E-state index contributed by atoms with van der Waals surface area (Å²) in [4.78, 5) is 0. The second-order valence-corrected chi connectivity index (χ2v) is 5.28. The van der Waals surface area contributed by atoms with Crippen LogP contribution in [-0.4, -0.2) is 19.1 Å². The van der Waals surface area contributed by atoms with Crippen molar-refractivity contribution in [2.45, 2.75) is 91.1 Å². The van der Waals surface area contributed by atoms with Gasteiger partial charge in [-0.25, -0.2) is 0 Å². The van der Waals surface area contributed by atoms with Gasteiger partial charge in [-0.1, -0.05) is 53.4 Å². The second-order valence-electron chi connectivity index (χ2n) is 5.28. The Morgan fingerprint density at radius 3 is 1.32 bits per heavy atom. The summed E-state index contributed by atoms with van der Waals surface area (Å²) in [6, 6.07) is 1.84. The Balaban J connectivity index is 0.000000482. The molecule has 2 nitrogen and oxygen atoms in total. The maximum absolute atomic E-state index is 4.50. The van der Waals surface area contributed by atoms with Gasteiger partial charge in [-0.3, -0.25) is 0 Å². The van der Waals surface area contributed by atoms with Crippen molar-refractivity contribution in [1.82, 2.24) is 5.32 Å². The van der Waals surface area contributed by atoms with Crippen molar-refractivity contribution < 1.29 is 0 Å². The van der Waals surface area contributed by atoms with E-state index in [2.05, 4.69) is 11.1 Å². The van der Waals surface area contributed by atoms with Gasteiger partial charge in [-0.2, -0.15) is 0 Å². The van der Waals surface area contributed by atoms with Crippen molar-refractivity contribution >= 4 is 0 Å². The molecule has 1 heterocycles. The molecule has 1 aliphatic heterocycles. The third-order valence-corrected chi connectivity index (χ3v) is 4.62. The van der Waals surface area contributed by atoms with Crippen LogP contribution in [0.1, 0.15) is 79.1 Å². The van der Waals surface area contributed by atoms with Gasteiger partial charge in [0.05, 0.1) is 0 Å². The standard InChI is InChI=1S/C12H21N.2C2H6.CH5N/c1-3-7-11-9(5-1)10-6-2-4-8-12(10)13-11;3*1-2/h9-13H,1-8H2;2*1-2H3;2H2,1H3. The molecule has 3 aliphatic rings. The van der Waals surface area contributed by atoms with Crippen LogP contribution in [0.25, 0.3) is 0 Å². The van der Waals surface area contributed by atoms with Gasteiger partial charge in [0.1, 0.15) is 0 Å². The topological polar surface area (TPSA) is 38.0 Å². The molecule has 0 bridgehead atoms. The van der Waals surface area contributed by atoms with Crippen molar-refractivity contribution in [3.63, 3.8) is 0 Å². The fraction of sp³-hybridized carbons (Fsp3) is 1.00. The van der Waals surface area contributed by atoms with Crippen LogP contribution in [0.15, 0.2) is 0 Å². The summed E-state index contributed by atoms with van der Waals surface area (Å²) in [5.74, 6) is 2.14. The number of rotatable bonds is 0. The van der Waals surface area contributed by atoms with E-state index in [-0.39, 0.29) is 0 Å². The minimum Gasteiger partial charge on any atom is -0.333 e. The summed E-state index contributed by atoms with van der Waals surface area (Å²) in [7, 11) is 1.50. The minimum atomic E-state index is 0.918. The predicted molar refractivity (Wildman–Crippen MR) is 87.4 cm³/mol. The van der Waals surface area contributed by atoms with Crippen LogP contribution < -0.4 is 11.1 Å². The first-order valence-electron chi connectivity index (χ1n) is 8.79. The van der Waals surface area contributed by atoms with E-state index in [0.717, 1.165) is 23.9 Å². The molecule has 2 saturated carbocycles. The Labute approximate surface area is 121 Å². The lowest BCUT2D eigenvalue weighted by Gasteiger charge is -2.30. The molecule has 1 saturated heterocycles. The molecule has 0 radical (unpaired) electrons. The van der Waals surface area contributed by atoms with Gasteiger partial charge in [0.25, 0.3) is 0 Å². The second kappa shape index (κ2) is 11.7. The van der Waals surface area contributed by atoms with Gasteiger partial charge in [-0.15, -0.1) is 0 Å². The zero-order valence-electron chi connectivity index (χ0n) is 14.0. The summed E-state index contributed by atoms with van der Waals surface area (Å²) < 4.78 is 0. The molecular formula is C17H38N2. The summed E-state index contributed by atoms with van der Waals surface area (Å²) in [6.45, 7) is 8.00. The zero-order chi connectivity index (χ0) is 14.7. The molecule has 19 heavy (non-hydrogen) atoms. The summed E-state index contributed by atoms with van der Waals surface area (Å²) in [5.41, 5.74) is 4.50. The molecule has 2 heteroatoms. The highest BCUT2D eigenvalue weighted by atomic mass is 15.0. The van der Waals surface area contributed by atoms with Gasteiger partial charge >= 0.3 is 0 Å². The third kappa shape index (κ3) is 5.07. The average Bonchev–Trinajstić information content (AvgIpc) is 2.92. The molecule has 0 aromatic carbocycles. The number of nitrogens with two attached hydrogens (primary N) is 1. The maximum Gasteiger partial charge on any atom is 0.0101 e. The van der Waals surface area contributed by atoms with Gasteiger partial charge in [0.2, 0.25) is 0 Å². The predicted octanol–water partition coefficient (Wildman–Crippen LogP) is 4.33. The van der Waals surface area contributed by atoms with Crippen LogP contribution >= 0.6 is 0 Å². The highest BCUT2D eigenvalue weighted by Crippen LogP contribution is 2.43. The van der Waals surface area contributed by atoms with Gasteiger partial charge in [0, 0.05) is 12.1 Å². The van der Waals surface area contributed by atoms with Crippen LogP contribution in [0.3, 0.4) is 0 Å². The van der Waals surface area contributed by atoms with E-state index in [1.54, 1.807) is 0 Å². The molecule has 0 spiro atoms. The quantitative estimate of drug-likeness (QED) is 0.687. The molecule has 3 rings (SSSR count). The first-order chi connectivity index (χ1) is 9.45. The van der Waals surface area contributed by atoms with Gasteiger partial charge in [0.15, 0.2) is 0 Å². The van der Waals surface area contributed by atoms with E-state index in [9.17, 15) is 0 Å². The van der Waals surface area contributed by atoms with Crippen LogP contribution in [0.5, 0.6) is 0 Å². The lowest BCUT2D eigenvalue weighted by atomic mass is 9.73. The number of fused-ring (bicyclic) bond motifs is 3. The van der Waals surface area contributed by atoms with Crippen molar-refractivity contribution in [2.24, 2.45) is 17.6 Å². The Hall–Kier alpha value is -0.0800. The van der Waals surface area contributed by atoms with Crippen LogP contribution in [0.4, 0.5) is 0 Å². The summed E-state index contributed by atoms with van der Waals surface area (Å²) in [6.07, 6.45) is 12.0. The van der Waals surface area contributed by atoms with Crippen molar-refractivity contribution in [3.8, 4) is 0 Å². The highest BCUT2D eigenvalue weighted by Gasteiger charge is 2.43. The van der Waals surface area contributed by atoms with E-state index < -0.39 is 0 Å². The molecule has 0 amide bonds. The van der Waals surface area contributed by atoms with E-state index in [4.69, 9.17) is 0 Å². The first-order valence-corrected chi connectivity index (χ1v) is 8.79.